The first kappa shape index (κ1) is 16.9. The lowest BCUT2D eigenvalue weighted by Gasteiger charge is -2.29. The smallest absolute Gasteiger partial charge is 0.337 e. The highest BCUT2D eigenvalue weighted by atomic mass is 32.2. The summed E-state index contributed by atoms with van der Waals surface area (Å²) in [5.41, 5.74) is -1.12. The van der Waals surface area contributed by atoms with Crippen LogP contribution in [0.2, 0.25) is 0 Å². The number of sulfonamides is 1. The Kier molecular flexibility index (Phi) is 3.71. The highest BCUT2D eigenvalue weighted by Crippen LogP contribution is 2.37. The van der Waals surface area contributed by atoms with Gasteiger partial charge in [-0.05, 0) is 25.8 Å². The molecule has 24 heavy (non-hydrogen) atoms. The molecule has 1 N–H and O–H groups in total. The Morgan fingerprint density at radius 1 is 1.42 bits per heavy atom. The first-order valence-corrected chi connectivity index (χ1v) is 8.48. The number of nitrogens with one attached hydrogen (secondary N) is 1. The molecule has 0 aromatic carbocycles. The first-order valence-electron chi connectivity index (χ1n) is 6.99. The van der Waals surface area contributed by atoms with Crippen molar-refractivity contribution in [3.05, 3.63) is 17.7 Å². The van der Waals surface area contributed by atoms with E-state index in [0.717, 1.165) is 10.7 Å². The Hall–Kier alpha value is -1.95. The Balaban J connectivity index is 2.02. The third-order valence-corrected chi connectivity index (χ3v) is 6.14. The van der Waals surface area contributed by atoms with Crippen molar-refractivity contribution < 1.29 is 26.1 Å². The lowest BCUT2D eigenvalue weighted by Crippen LogP contribution is -2.46. The average molecular weight is 365 g/mol. The van der Waals surface area contributed by atoms with Crippen LogP contribution in [0.4, 0.5) is 13.2 Å². The molecule has 8 nitrogen and oxygen atoms in total. The zero-order valence-electron chi connectivity index (χ0n) is 12.8. The van der Waals surface area contributed by atoms with E-state index in [4.69, 9.17) is 4.52 Å². The van der Waals surface area contributed by atoms with Crippen LogP contribution in [-0.4, -0.2) is 34.9 Å². The van der Waals surface area contributed by atoms with Crippen LogP contribution in [0.1, 0.15) is 31.4 Å². The quantitative estimate of drug-likeness (QED) is 0.863. The van der Waals surface area contributed by atoms with Gasteiger partial charge in [0.25, 0.3) is 0 Å². The zero-order valence-corrected chi connectivity index (χ0v) is 13.6. The molecule has 0 aliphatic carbocycles. The maximum absolute atomic E-state index is 12.7. The number of halogens is 3. The van der Waals surface area contributed by atoms with Crippen LogP contribution in [0.3, 0.4) is 0 Å². The van der Waals surface area contributed by atoms with Gasteiger partial charge in [-0.2, -0.15) is 23.3 Å². The van der Waals surface area contributed by atoms with Crippen LogP contribution in [0.5, 0.6) is 0 Å². The van der Waals surface area contributed by atoms with Gasteiger partial charge < -0.3 is 4.52 Å². The van der Waals surface area contributed by atoms with Crippen molar-refractivity contribution in [1.82, 2.24) is 24.6 Å². The van der Waals surface area contributed by atoms with Crippen molar-refractivity contribution >= 4 is 10.0 Å². The molecule has 3 rings (SSSR count). The second-order valence-electron chi connectivity index (χ2n) is 5.69. The summed E-state index contributed by atoms with van der Waals surface area (Å²) in [6.07, 6.45) is -3.76. The van der Waals surface area contributed by atoms with Gasteiger partial charge in [0.2, 0.25) is 21.7 Å². The number of aryl methyl sites for hydroxylation is 1. The third-order valence-electron chi connectivity index (χ3n) is 3.99. The molecule has 1 fully saturated rings. The lowest BCUT2D eigenvalue weighted by molar-refractivity contribution is -0.141. The molecule has 1 aliphatic heterocycles. The molecule has 0 radical (unpaired) electrons. The number of nitrogens with zero attached hydrogens (tertiary/aromatic N) is 4. The molecule has 1 unspecified atom stereocenters. The van der Waals surface area contributed by atoms with Crippen LogP contribution in [0.25, 0.3) is 11.5 Å². The van der Waals surface area contributed by atoms with Crippen LogP contribution < -0.4 is 4.72 Å². The summed E-state index contributed by atoms with van der Waals surface area (Å²) in [4.78, 5) is 4.00. The molecule has 12 heteroatoms. The van der Waals surface area contributed by atoms with E-state index in [0.29, 0.717) is 13.0 Å². The predicted molar refractivity (Wildman–Crippen MR) is 75.0 cm³/mol. The Bertz CT molecular complexity index is 873. The molecule has 0 saturated carbocycles. The molecular weight excluding hydrogens is 351 g/mol. The number of rotatable bonds is 2. The van der Waals surface area contributed by atoms with Crippen LogP contribution in [-0.2, 0) is 28.0 Å². The van der Waals surface area contributed by atoms with Crippen molar-refractivity contribution in [2.45, 2.75) is 30.7 Å². The normalized spacial score (nSPS) is 24.2. The Morgan fingerprint density at radius 3 is 2.71 bits per heavy atom. The molecule has 132 valence electrons. The minimum Gasteiger partial charge on any atom is -0.337 e. The number of aromatic nitrogens is 4. The minimum atomic E-state index is -4.61. The topological polar surface area (TPSA) is 103 Å². The molecule has 1 atom stereocenters. The molecule has 1 aliphatic rings. The fraction of sp³-hybridized carbons (Fsp3) is 0.583. The van der Waals surface area contributed by atoms with Crippen LogP contribution in [0.15, 0.2) is 10.6 Å². The molecule has 0 spiro atoms. The monoisotopic (exact) mass is 365 g/mol. The van der Waals surface area contributed by atoms with E-state index < -0.39 is 26.6 Å². The molecular formula is C12H14F3N5O3S. The standard InChI is InChI=1S/C12H14F3N5O3S/c1-11(4-3-5-16-24(11,21)22)10-17-9(19-23-10)7-6-8(12(13,14)15)18-20(7)2/h6,16H,3-5H2,1-2H3. The van der Waals surface area contributed by atoms with Crippen LogP contribution >= 0.6 is 0 Å². The third kappa shape index (κ3) is 2.59. The van der Waals surface area contributed by atoms with Gasteiger partial charge in [-0.3, -0.25) is 4.68 Å². The molecule has 1 saturated heterocycles. The van der Waals surface area contributed by atoms with Gasteiger partial charge in [0.05, 0.1) is 0 Å². The van der Waals surface area contributed by atoms with E-state index in [1.807, 2.05) is 0 Å². The highest BCUT2D eigenvalue weighted by Gasteiger charge is 2.48. The molecule has 0 bridgehead atoms. The highest BCUT2D eigenvalue weighted by molar-refractivity contribution is 7.90. The van der Waals surface area contributed by atoms with Crippen molar-refractivity contribution in [1.29, 1.82) is 0 Å². The van der Waals surface area contributed by atoms with Gasteiger partial charge in [-0.1, -0.05) is 5.16 Å². The molecule has 3 heterocycles. The van der Waals surface area contributed by atoms with Gasteiger partial charge >= 0.3 is 6.18 Å². The van der Waals surface area contributed by atoms with Crippen molar-refractivity contribution in [2.75, 3.05) is 6.54 Å². The first-order chi connectivity index (χ1) is 11.0. The summed E-state index contributed by atoms with van der Waals surface area (Å²) in [6, 6.07) is 0.782. The molecule has 2 aromatic heterocycles. The fourth-order valence-corrected chi connectivity index (χ4v) is 3.96. The predicted octanol–water partition coefficient (Wildman–Crippen LogP) is 1.42. The van der Waals surface area contributed by atoms with E-state index in [-0.39, 0.29) is 23.8 Å². The van der Waals surface area contributed by atoms with E-state index in [1.165, 1.54) is 14.0 Å². The van der Waals surface area contributed by atoms with Gasteiger partial charge in [-0.25, -0.2) is 13.1 Å². The van der Waals surface area contributed by atoms with E-state index in [1.54, 1.807) is 0 Å². The molecule has 0 amide bonds. The van der Waals surface area contributed by atoms with Crippen LogP contribution in [0, 0.1) is 0 Å². The van der Waals surface area contributed by atoms with Gasteiger partial charge in [0.15, 0.2) is 10.4 Å². The SMILES string of the molecule is Cn1nc(C(F)(F)F)cc1-c1noc(C2(C)CCCNS2(=O)=O)n1. The van der Waals surface area contributed by atoms with Crippen molar-refractivity contribution in [2.24, 2.45) is 7.05 Å². The van der Waals surface area contributed by atoms with E-state index >= 15 is 0 Å². The Labute approximate surface area is 135 Å². The van der Waals surface area contributed by atoms with Crippen molar-refractivity contribution in [3.63, 3.8) is 0 Å². The average Bonchev–Trinajstić information content (AvgIpc) is 3.08. The lowest BCUT2D eigenvalue weighted by atomic mass is 10.0. The number of alkyl halides is 3. The second kappa shape index (κ2) is 5.28. The van der Waals surface area contributed by atoms with Gasteiger partial charge in [0, 0.05) is 13.6 Å². The minimum absolute atomic E-state index is 0.0258. The summed E-state index contributed by atoms with van der Waals surface area (Å²) in [6.45, 7) is 1.76. The fourth-order valence-electron chi connectivity index (χ4n) is 2.51. The summed E-state index contributed by atoms with van der Waals surface area (Å²) in [7, 11) is -2.42. The molecule has 2 aromatic rings. The van der Waals surface area contributed by atoms with Gasteiger partial charge in [-0.15, -0.1) is 0 Å². The number of hydrogen-bond donors (Lipinski definition) is 1. The maximum Gasteiger partial charge on any atom is 0.435 e. The second-order valence-corrected chi connectivity index (χ2v) is 7.89. The zero-order chi connectivity index (χ0) is 17.8. The summed E-state index contributed by atoms with van der Waals surface area (Å²) >= 11 is 0. The van der Waals surface area contributed by atoms with Gasteiger partial charge in [0.1, 0.15) is 5.69 Å². The Morgan fingerprint density at radius 2 is 2.12 bits per heavy atom. The van der Waals surface area contributed by atoms with E-state index in [9.17, 15) is 21.6 Å². The van der Waals surface area contributed by atoms with E-state index in [2.05, 4.69) is 20.0 Å². The maximum atomic E-state index is 12.7. The number of hydrogen-bond acceptors (Lipinski definition) is 6. The van der Waals surface area contributed by atoms with Crippen molar-refractivity contribution in [3.8, 4) is 11.5 Å². The largest absolute Gasteiger partial charge is 0.435 e. The summed E-state index contributed by atoms with van der Waals surface area (Å²) in [5, 5.41) is 6.99. The summed E-state index contributed by atoms with van der Waals surface area (Å²) < 4.78 is 69.7. The summed E-state index contributed by atoms with van der Waals surface area (Å²) in [5.74, 6) is -0.322.